The van der Waals surface area contributed by atoms with Crippen molar-refractivity contribution in [1.82, 2.24) is 25.5 Å². The number of urea groups is 1. The van der Waals surface area contributed by atoms with E-state index < -0.39 is 12.0 Å². The fraction of sp³-hybridized carbons (Fsp3) is 0.625. The first-order chi connectivity index (χ1) is 8.08. The number of carboxylic acid groups (broad SMARTS) is 1. The number of aliphatic carboxylic acids is 1. The summed E-state index contributed by atoms with van der Waals surface area (Å²) in [5.41, 5.74) is 0. The summed E-state index contributed by atoms with van der Waals surface area (Å²) in [6.07, 6.45) is 1.24. The Morgan fingerprint density at radius 3 is 2.76 bits per heavy atom. The van der Waals surface area contributed by atoms with Crippen LogP contribution in [0.25, 0.3) is 0 Å². The van der Waals surface area contributed by atoms with Gasteiger partial charge in [-0.25, -0.2) is 4.79 Å². The molecule has 9 heteroatoms. The Morgan fingerprint density at radius 1 is 1.41 bits per heavy atom. The Balaban J connectivity index is 2.11. The van der Waals surface area contributed by atoms with Gasteiger partial charge in [0.15, 0.2) is 0 Å². The van der Waals surface area contributed by atoms with Crippen molar-refractivity contribution >= 4 is 17.9 Å². The van der Waals surface area contributed by atoms with Crippen LogP contribution in [0.15, 0.2) is 0 Å². The van der Waals surface area contributed by atoms with Gasteiger partial charge < -0.3 is 10.4 Å². The number of carbonyl (C=O) groups excluding carboxylic acids is 1. The zero-order valence-corrected chi connectivity index (χ0v) is 9.38. The van der Waals surface area contributed by atoms with Gasteiger partial charge in [0.2, 0.25) is 0 Å². The fourth-order valence-electron chi connectivity index (χ4n) is 1.08. The first-order valence-electron chi connectivity index (χ1n) is 5.08. The predicted molar refractivity (Wildman–Crippen MR) is 57.3 cm³/mol. The number of nitrogens with zero attached hydrogens (tertiary/aromatic N) is 4. The van der Waals surface area contributed by atoms with E-state index in [1.165, 1.54) is 4.80 Å². The summed E-state index contributed by atoms with van der Waals surface area (Å²) in [7, 11) is 1.59. The average Bonchev–Trinajstić information content (AvgIpc) is 2.63. The summed E-state index contributed by atoms with van der Waals surface area (Å²) >= 11 is 0. The quantitative estimate of drug-likeness (QED) is 0.583. The largest absolute Gasteiger partial charge is 0.481 e. The molecule has 94 valence electrons. The first-order valence-corrected chi connectivity index (χ1v) is 5.08. The minimum Gasteiger partial charge on any atom is -0.481 e. The molecule has 0 aliphatic carbocycles. The van der Waals surface area contributed by atoms with Crippen molar-refractivity contribution in [1.29, 1.82) is 0 Å². The highest BCUT2D eigenvalue weighted by atomic mass is 16.4. The smallest absolute Gasteiger partial charge is 0.321 e. The van der Waals surface area contributed by atoms with Gasteiger partial charge in [-0.1, -0.05) is 5.10 Å². The molecule has 1 aromatic heterocycles. The lowest BCUT2D eigenvalue weighted by atomic mass is 10.2. The van der Waals surface area contributed by atoms with E-state index in [0.29, 0.717) is 19.4 Å². The predicted octanol–water partition coefficient (Wildman–Crippen LogP) is -0.414. The number of amides is 2. The van der Waals surface area contributed by atoms with Gasteiger partial charge in [-0.3, -0.25) is 10.1 Å². The minimum absolute atomic E-state index is 0.106. The van der Waals surface area contributed by atoms with Gasteiger partial charge in [0, 0.05) is 13.0 Å². The summed E-state index contributed by atoms with van der Waals surface area (Å²) in [6.45, 7) is 0.402. The molecule has 0 unspecified atom stereocenters. The number of unbranched alkanes of at least 4 members (excludes halogenated alkanes) is 1. The summed E-state index contributed by atoms with van der Waals surface area (Å²) in [5, 5.41) is 24.2. The van der Waals surface area contributed by atoms with E-state index in [1.54, 1.807) is 7.05 Å². The van der Waals surface area contributed by atoms with E-state index in [2.05, 4.69) is 26.0 Å². The Labute approximate surface area is 97.2 Å². The average molecular weight is 242 g/mol. The molecule has 0 fully saturated rings. The number of anilines is 1. The summed E-state index contributed by atoms with van der Waals surface area (Å²) in [5.74, 6) is -0.714. The number of rotatable bonds is 6. The highest BCUT2D eigenvalue weighted by molar-refractivity contribution is 5.87. The van der Waals surface area contributed by atoms with E-state index in [0.717, 1.165) is 0 Å². The second-order valence-electron chi connectivity index (χ2n) is 3.33. The molecule has 0 atom stereocenters. The SMILES string of the molecule is Cn1nnc(NC(=O)NCCCCC(=O)O)n1. The van der Waals surface area contributed by atoms with E-state index in [-0.39, 0.29) is 12.4 Å². The lowest BCUT2D eigenvalue weighted by Crippen LogP contribution is -2.30. The number of hydrogen-bond donors (Lipinski definition) is 3. The van der Waals surface area contributed by atoms with Crippen molar-refractivity contribution in [2.24, 2.45) is 7.05 Å². The maximum Gasteiger partial charge on any atom is 0.321 e. The van der Waals surface area contributed by atoms with Crippen LogP contribution in [0.3, 0.4) is 0 Å². The molecule has 0 saturated carbocycles. The van der Waals surface area contributed by atoms with Crippen LogP contribution in [0.4, 0.5) is 10.7 Å². The van der Waals surface area contributed by atoms with Crippen LogP contribution >= 0.6 is 0 Å². The molecular weight excluding hydrogens is 228 g/mol. The third kappa shape index (κ3) is 5.44. The monoisotopic (exact) mass is 242 g/mol. The highest BCUT2D eigenvalue weighted by Gasteiger charge is 2.05. The van der Waals surface area contributed by atoms with Crippen LogP contribution < -0.4 is 10.6 Å². The zero-order chi connectivity index (χ0) is 12.7. The van der Waals surface area contributed by atoms with Crippen LogP contribution in [0, 0.1) is 0 Å². The Kier molecular flexibility index (Phi) is 4.85. The molecule has 0 aliphatic heterocycles. The molecule has 1 heterocycles. The van der Waals surface area contributed by atoms with Crippen molar-refractivity contribution in [3.63, 3.8) is 0 Å². The van der Waals surface area contributed by atoms with Crippen LogP contribution in [0.1, 0.15) is 19.3 Å². The number of tetrazole rings is 1. The van der Waals surface area contributed by atoms with Crippen molar-refractivity contribution in [3.05, 3.63) is 0 Å². The first kappa shape index (κ1) is 12.9. The number of aryl methyl sites for hydroxylation is 1. The fourth-order valence-corrected chi connectivity index (χ4v) is 1.08. The molecule has 9 nitrogen and oxygen atoms in total. The van der Waals surface area contributed by atoms with Gasteiger partial charge in [-0.2, -0.15) is 4.80 Å². The standard InChI is InChI=1S/C8H14N6O3/c1-14-12-7(11-13-14)10-8(17)9-5-3-2-4-6(15)16/h2-5H2,1H3,(H,15,16)(H2,9,10,12,17). The molecule has 1 rings (SSSR count). The van der Waals surface area contributed by atoms with E-state index in [9.17, 15) is 9.59 Å². The number of nitrogens with one attached hydrogen (secondary N) is 2. The van der Waals surface area contributed by atoms with Gasteiger partial charge in [0.1, 0.15) is 0 Å². The van der Waals surface area contributed by atoms with Crippen LogP contribution in [-0.4, -0.2) is 43.9 Å². The molecule has 3 N–H and O–H groups in total. The van der Waals surface area contributed by atoms with Crippen molar-refractivity contribution < 1.29 is 14.7 Å². The van der Waals surface area contributed by atoms with Gasteiger partial charge in [0.05, 0.1) is 7.05 Å². The molecule has 1 aromatic rings. The number of carboxylic acids is 1. The van der Waals surface area contributed by atoms with E-state index >= 15 is 0 Å². The number of hydrogen-bond acceptors (Lipinski definition) is 5. The molecule has 0 aromatic carbocycles. The molecule has 17 heavy (non-hydrogen) atoms. The molecule has 2 amide bonds. The molecular formula is C8H14N6O3. The Hall–Kier alpha value is -2.19. The van der Waals surface area contributed by atoms with Crippen LogP contribution in [0.2, 0.25) is 0 Å². The minimum atomic E-state index is -0.835. The summed E-state index contributed by atoms with van der Waals surface area (Å²) in [4.78, 5) is 22.7. The third-order valence-electron chi connectivity index (χ3n) is 1.84. The molecule has 0 radical (unpaired) electrons. The second-order valence-corrected chi connectivity index (χ2v) is 3.33. The number of carbonyl (C=O) groups is 2. The molecule has 0 spiro atoms. The normalized spacial score (nSPS) is 9.94. The highest BCUT2D eigenvalue weighted by Crippen LogP contribution is 1.94. The number of aromatic nitrogens is 4. The lowest BCUT2D eigenvalue weighted by Gasteiger charge is -2.03. The summed E-state index contributed by atoms with van der Waals surface area (Å²) < 4.78 is 0. The van der Waals surface area contributed by atoms with Crippen molar-refractivity contribution in [3.8, 4) is 0 Å². The second kappa shape index (κ2) is 6.40. The van der Waals surface area contributed by atoms with E-state index in [4.69, 9.17) is 5.11 Å². The third-order valence-corrected chi connectivity index (χ3v) is 1.84. The van der Waals surface area contributed by atoms with Gasteiger partial charge in [-0.05, 0) is 18.1 Å². The van der Waals surface area contributed by atoms with E-state index in [1.807, 2.05) is 0 Å². The zero-order valence-electron chi connectivity index (χ0n) is 9.38. The van der Waals surface area contributed by atoms with Gasteiger partial charge in [-0.15, -0.1) is 5.10 Å². The van der Waals surface area contributed by atoms with Crippen LogP contribution in [0.5, 0.6) is 0 Å². The Morgan fingerprint density at radius 2 is 2.18 bits per heavy atom. The van der Waals surface area contributed by atoms with Crippen molar-refractivity contribution in [2.45, 2.75) is 19.3 Å². The molecule has 0 aliphatic rings. The topological polar surface area (TPSA) is 122 Å². The van der Waals surface area contributed by atoms with Gasteiger partial charge in [0.25, 0.3) is 5.95 Å². The molecule has 0 bridgehead atoms. The van der Waals surface area contributed by atoms with Gasteiger partial charge >= 0.3 is 12.0 Å². The van der Waals surface area contributed by atoms with Crippen LogP contribution in [-0.2, 0) is 11.8 Å². The maximum absolute atomic E-state index is 11.3. The Bertz CT molecular complexity index is 390. The summed E-state index contributed by atoms with van der Waals surface area (Å²) in [6, 6.07) is -0.437. The lowest BCUT2D eigenvalue weighted by molar-refractivity contribution is -0.137. The molecule has 0 saturated heterocycles. The maximum atomic E-state index is 11.3. The van der Waals surface area contributed by atoms with Crippen molar-refractivity contribution in [2.75, 3.05) is 11.9 Å².